The van der Waals surface area contributed by atoms with Crippen molar-refractivity contribution in [2.75, 3.05) is 32.1 Å². The number of rotatable bonds is 7. The number of esters is 1. The Bertz CT molecular complexity index is 710. The average Bonchev–Trinajstić information content (AvgIpc) is 2.68. The van der Waals surface area contributed by atoms with Crippen LogP contribution in [-0.2, 0) is 20.9 Å². The molecule has 7 heteroatoms. The molecule has 1 aliphatic rings. The first kappa shape index (κ1) is 22.7. The molecule has 1 aliphatic heterocycles. The lowest BCUT2D eigenvalue weighted by Crippen LogP contribution is -2.46. The Morgan fingerprint density at radius 3 is 2.62 bits per heavy atom. The van der Waals surface area contributed by atoms with Crippen LogP contribution < -0.4 is 10.6 Å². The van der Waals surface area contributed by atoms with E-state index in [1.807, 2.05) is 45.0 Å². The highest BCUT2D eigenvalue weighted by Crippen LogP contribution is 2.19. The molecule has 0 atom stereocenters. The van der Waals surface area contributed by atoms with Crippen molar-refractivity contribution in [1.82, 2.24) is 10.2 Å². The second-order valence-electron chi connectivity index (χ2n) is 7.76. The number of likely N-dealkylation sites (tertiary alicyclic amines) is 1. The summed E-state index contributed by atoms with van der Waals surface area (Å²) in [5.41, 5.74) is 1.87. The Morgan fingerprint density at radius 1 is 1.28 bits per heavy atom. The highest BCUT2D eigenvalue weighted by molar-refractivity contribution is 5.90. The molecule has 0 spiro atoms. The van der Waals surface area contributed by atoms with Crippen LogP contribution in [0.2, 0.25) is 0 Å². The number of carbonyl (C=O) groups is 2. The van der Waals surface area contributed by atoms with Crippen molar-refractivity contribution in [3.8, 4) is 0 Å². The van der Waals surface area contributed by atoms with E-state index in [4.69, 9.17) is 4.74 Å². The fraction of sp³-hybridized carbons (Fsp3) is 0.591. The first-order valence-electron chi connectivity index (χ1n) is 10.4. The third kappa shape index (κ3) is 7.40. The maximum Gasteiger partial charge on any atom is 0.309 e. The predicted octanol–water partition coefficient (Wildman–Crippen LogP) is 3.02. The number of carbonyl (C=O) groups excluding carboxylic acids is 2. The lowest BCUT2D eigenvalue weighted by molar-refractivity contribution is -0.149. The molecule has 160 valence electrons. The average molecular weight is 403 g/mol. The van der Waals surface area contributed by atoms with Crippen molar-refractivity contribution >= 4 is 23.5 Å². The lowest BCUT2D eigenvalue weighted by Gasteiger charge is -2.33. The van der Waals surface area contributed by atoms with Crippen molar-refractivity contribution in [3.05, 3.63) is 29.8 Å². The second-order valence-corrected chi connectivity index (χ2v) is 7.76. The molecule has 0 radical (unpaired) electrons. The summed E-state index contributed by atoms with van der Waals surface area (Å²) < 4.78 is 5.14. The molecule has 29 heavy (non-hydrogen) atoms. The van der Waals surface area contributed by atoms with Crippen LogP contribution in [0.4, 0.5) is 5.69 Å². The number of hydrogen-bond acceptors (Lipinski definition) is 4. The largest absolute Gasteiger partial charge is 0.466 e. The Balaban J connectivity index is 1.86. The summed E-state index contributed by atoms with van der Waals surface area (Å²) in [7, 11) is 1.77. The molecule has 1 amide bonds. The van der Waals surface area contributed by atoms with Crippen LogP contribution in [0.1, 0.15) is 45.6 Å². The lowest BCUT2D eigenvalue weighted by atomic mass is 9.97. The van der Waals surface area contributed by atoms with Gasteiger partial charge in [-0.05, 0) is 43.4 Å². The number of nitrogens with one attached hydrogen (secondary N) is 2. The van der Waals surface area contributed by atoms with Crippen molar-refractivity contribution in [2.45, 2.75) is 46.6 Å². The number of guanidine groups is 1. The summed E-state index contributed by atoms with van der Waals surface area (Å²) in [5, 5.41) is 6.34. The minimum Gasteiger partial charge on any atom is -0.466 e. The maximum absolute atomic E-state index is 12.0. The van der Waals surface area contributed by atoms with Crippen molar-refractivity contribution in [2.24, 2.45) is 16.8 Å². The Hall–Kier alpha value is -2.57. The van der Waals surface area contributed by atoms with E-state index < -0.39 is 0 Å². The van der Waals surface area contributed by atoms with Crippen LogP contribution in [0.25, 0.3) is 0 Å². The Labute approximate surface area is 173 Å². The molecule has 0 bridgehead atoms. The number of piperidine rings is 1. The summed E-state index contributed by atoms with van der Waals surface area (Å²) in [5.74, 6) is 1.07. The number of nitrogens with zero attached hydrogens (tertiary/aromatic N) is 2. The fourth-order valence-electron chi connectivity index (χ4n) is 3.44. The van der Waals surface area contributed by atoms with Gasteiger partial charge in [-0.25, -0.2) is 0 Å². The molecule has 1 aromatic rings. The van der Waals surface area contributed by atoms with E-state index in [9.17, 15) is 9.59 Å². The molecular weight excluding hydrogens is 368 g/mol. The normalized spacial score (nSPS) is 15.3. The van der Waals surface area contributed by atoms with E-state index in [-0.39, 0.29) is 17.8 Å². The number of amides is 1. The number of ether oxygens (including phenoxy) is 1. The van der Waals surface area contributed by atoms with Gasteiger partial charge in [0.05, 0.1) is 12.5 Å². The van der Waals surface area contributed by atoms with Gasteiger partial charge in [0.1, 0.15) is 0 Å². The Kier molecular flexibility index (Phi) is 8.96. The summed E-state index contributed by atoms with van der Waals surface area (Å²) >= 11 is 0. The molecule has 1 fully saturated rings. The van der Waals surface area contributed by atoms with Crippen molar-refractivity contribution < 1.29 is 14.3 Å². The molecule has 0 aliphatic carbocycles. The van der Waals surface area contributed by atoms with Gasteiger partial charge < -0.3 is 20.3 Å². The van der Waals surface area contributed by atoms with Crippen LogP contribution in [-0.4, -0.2) is 49.5 Å². The minimum absolute atomic E-state index is 0.0181. The highest BCUT2D eigenvalue weighted by atomic mass is 16.5. The van der Waals surface area contributed by atoms with Gasteiger partial charge >= 0.3 is 5.97 Å². The van der Waals surface area contributed by atoms with Gasteiger partial charge in [-0.1, -0.05) is 26.0 Å². The zero-order valence-electron chi connectivity index (χ0n) is 18.0. The molecule has 1 heterocycles. The van der Waals surface area contributed by atoms with E-state index in [2.05, 4.69) is 20.5 Å². The molecule has 7 nitrogen and oxygen atoms in total. The van der Waals surface area contributed by atoms with Crippen LogP contribution in [0.15, 0.2) is 29.3 Å². The second kappa shape index (κ2) is 11.4. The highest BCUT2D eigenvalue weighted by Gasteiger charge is 2.27. The molecule has 1 aromatic carbocycles. The van der Waals surface area contributed by atoms with Gasteiger partial charge in [-0.2, -0.15) is 0 Å². The zero-order valence-corrected chi connectivity index (χ0v) is 18.0. The molecule has 1 saturated heterocycles. The van der Waals surface area contributed by atoms with Gasteiger partial charge in [-0.15, -0.1) is 0 Å². The Morgan fingerprint density at radius 2 is 2.00 bits per heavy atom. The van der Waals surface area contributed by atoms with Crippen molar-refractivity contribution in [1.29, 1.82) is 0 Å². The SMILES string of the molecule is CCOC(=O)C1CCN(C(=NC)NCc2cccc(NC(=O)CC(C)C)c2)CC1. The van der Waals surface area contributed by atoms with Crippen molar-refractivity contribution in [3.63, 3.8) is 0 Å². The summed E-state index contributed by atoms with van der Waals surface area (Å²) in [6, 6.07) is 7.84. The molecule has 0 saturated carbocycles. The fourth-order valence-corrected chi connectivity index (χ4v) is 3.44. The molecule has 2 rings (SSSR count). The molecule has 2 N–H and O–H groups in total. The quantitative estimate of drug-likeness (QED) is 0.416. The van der Waals surface area contributed by atoms with Gasteiger partial charge in [0.25, 0.3) is 0 Å². The predicted molar refractivity (Wildman–Crippen MR) is 116 cm³/mol. The molecule has 0 aromatic heterocycles. The van der Waals surface area contributed by atoms with E-state index in [0.717, 1.165) is 43.1 Å². The number of aliphatic imine (C=N–C) groups is 1. The van der Waals surface area contributed by atoms with E-state index in [1.165, 1.54) is 0 Å². The first-order valence-corrected chi connectivity index (χ1v) is 10.4. The summed E-state index contributed by atoms with van der Waals surface area (Å²) in [6.07, 6.45) is 2.06. The van der Waals surface area contributed by atoms with Gasteiger partial charge in [0.2, 0.25) is 5.91 Å². The summed E-state index contributed by atoms with van der Waals surface area (Å²) in [4.78, 5) is 30.4. The van der Waals surface area contributed by atoms with E-state index in [1.54, 1.807) is 7.05 Å². The molecule has 0 unspecified atom stereocenters. The maximum atomic E-state index is 12.0. The molecular formula is C22H34N4O3. The smallest absolute Gasteiger partial charge is 0.309 e. The van der Waals surface area contributed by atoms with Crippen LogP contribution in [0.5, 0.6) is 0 Å². The summed E-state index contributed by atoms with van der Waals surface area (Å²) in [6.45, 7) is 8.48. The first-order chi connectivity index (χ1) is 13.9. The van der Waals surface area contributed by atoms with Gasteiger partial charge in [0, 0.05) is 38.8 Å². The minimum atomic E-state index is -0.0913. The zero-order chi connectivity index (χ0) is 21.2. The number of anilines is 1. The van der Waals surface area contributed by atoms with Gasteiger partial charge in [-0.3, -0.25) is 14.6 Å². The standard InChI is InChI=1S/C22H34N4O3/c1-5-29-21(28)18-9-11-26(12-10-18)22(23-4)24-15-17-7-6-8-19(14-17)25-20(27)13-16(2)3/h6-8,14,16,18H,5,9-13,15H2,1-4H3,(H,23,24)(H,25,27). The topological polar surface area (TPSA) is 83.0 Å². The third-order valence-corrected chi connectivity index (χ3v) is 4.88. The monoisotopic (exact) mass is 402 g/mol. The van der Waals surface area contributed by atoms with Gasteiger partial charge in [0.15, 0.2) is 5.96 Å². The third-order valence-electron chi connectivity index (χ3n) is 4.88. The van der Waals surface area contributed by atoms with E-state index >= 15 is 0 Å². The van der Waals surface area contributed by atoms with Crippen LogP contribution >= 0.6 is 0 Å². The number of hydrogen-bond donors (Lipinski definition) is 2. The van der Waals surface area contributed by atoms with Crippen LogP contribution in [0.3, 0.4) is 0 Å². The van der Waals surface area contributed by atoms with E-state index in [0.29, 0.717) is 25.5 Å². The number of benzene rings is 1. The van der Waals surface area contributed by atoms with Crippen LogP contribution in [0, 0.1) is 11.8 Å².